The molecule has 9 nitrogen and oxygen atoms in total. The highest BCUT2D eigenvalue weighted by atomic mass is 32.2. The van der Waals surface area contributed by atoms with Gasteiger partial charge in [0.2, 0.25) is 15.8 Å². The number of nitrogens with zero attached hydrogens (tertiary/aromatic N) is 1. The average Bonchev–Trinajstić information content (AvgIpc) is 3.22. The van der Waals surface area contributed by atoms with Gasteiger partial charge in [0.05, 0.1) is 17.0 Å². The van der Waals surface area contributed by atoms with E-state index in [0.29, 0.717) is 22.2 Å². The lowest BCUT2D eigenvalue weighted by molar-refractivity contribution is 0.0697. The van der Waals surface area contributed by atoms with Crippen molar-refractivity contribution in [3.63, 3.8) is 0 Å². The minimum Gasteiger partial charge on any atom is -0.478 e. The fraction of sp³-hybridized carbons (Fsp3) is 0.111. The van der Waals surface area contributed by atoms with Crippen molar-refractivity contribution in [1.82, 2.24) is 4.98 Å². The number of nitrogens with one attached hydrogen (secondary N) is 1. The number of rotatable bonds is 5. The molecule has 0 spiro atoms. The molecule has 4 rings (SSSR count). The Morgan fingerprint density at radius 1 is 1.18 bits per heavy atom. The quantitative estimate of drug-likeness (QED) is 0.461. The molecule has 0 aliphatic heterocycles. The minimum atomic E-state index is -3.43. The topological polar surface area (TPSA) is 149 Å². The summed E-state index contributed by atoms with van der Waals surface area (Å²) in [4.78, 5) is 15.4. The molecule has 0 unspecified atom stereocenters. The molecule has 144 valence electrons. The van der Waals surface area contributed by atoms with E-state index in [0.717, 1.165) is 0 Å². The van der Waals surface area contributed by atoms with E-state index in [2.05, 4.69) is 9.71 Å². The second-order valence-electron chi connectivity index (χ2n) is 6.07. The van der Waals surface area contributed by atoms with Crippen molar-refractivity contribution in [2.45, 2.75) is 6.92 Å². The van der Waals surface area contributed by atoms with Gasteiger partial charge >= 0.3 is 5.97 Å². The molecule has 4 aromatic rings. The normalized spacial score (nSPS) is 11.9. The number of hydrogen-bond donors (Lipinski definition) is 3. The first kappa shape index (κ1) is 17.9. The Labute approximate surface area is 158 Å². The van der Waals surface area contributed by atoms with Crippen LogP contribution in [0.2, 0.25) is 0 Å². The molecule has 0 radical (unpaired) electrons. The van der Waals surface area contributed by atoms with E-state index in [-0.39, 0.29) is 34.2 Å². The third-order valence-electron chi connectivity index (χ3n) is 4.21. The predicted molar refractivity (Wildman–Crippen MR) is 104 cm³/mol. The summed E-state index contributed by atoms with van der Waals surface area (Å²) in [6.45, 7) is 1.54. The second kappa shape index (κ2) is 6.27. The third-order valence-corrected chi connectivity index (χ3v) is 5.52. The lowest BCUT2D eigenvalue weighted by Gasteiger charge is -2.05. The van der Waals surface area contributed by atoms with Gasteiger partial charge in [-0.05, 0) is 43.3 Å². The number of aromatic nitrogens is 1. The number of nitrogens with two attached hydrogens (primary N) is 1. The Morgan fingerprint density at radius 3 is 2.68 bits per heavy atom. The van der Waals surface area contributed by atoms with Gasteiger partial charge in [-0.3, -0.25) is 4.72 Å². The summed E-state index contributed by atoms with van der Waals surface area (Å²) in [6, 6.07) is 9.04. The van der Waals surface area contributed by atoms with Crippen molar-refractivity contribution in [2.24, 2.45) is 0 Å². The number of furan rings is 1. The highest BCUT2D eigenvalue weighted by Crippen LogP contribution is 2.38. The first-order valence-electron chi connectivity index (χ1n) is 8.24. The Hall–Kier alpha value is -3.53. The summed E-state index contributed by atoms with van der Waals surface area (Å²) in [5.41, 5.74) is 8.00. The average molecular weight is 401 g/mol. The number of carbonyl (C=O) groups is 1. The standard InChI is InChI=1S/C18H15N3O6S/c1-2-28(24,25)21-10-4-6-13-11(8-10)15(19)16(26-13)17-20-12-5-3-9(18(22)23)7-14(12)27-17/h3-8,21H,2,19H2,1H3,(H,22,23). The number of aromatic carboxylic acids is 1. The van der Waals surface area contributed by atoms with Crippen LogP contribution in [0.25, 0.3) is 33.7 Å². The van der Waals surface area contributed by atoms with E-state index in [1.54, 1.807) is 18.2 Å². The highest BCUT2D eigenvalue weighted by molar-refractivity contribution is 7.92. The molecule has 0 atom stereocenters. The largest absolute Gasteiger partial charge is 0.478 e. The van der Waals surface area contributed by atoms with E-state index < -0.39 is 16.0 Å². The maximum Gasteiger partial charge on any atom is 0.335 e. The van der Waals surface area contributed by atoms with Crippen LogP contribution in [0.5, 0.6) is 0 Å². The lowest BCUT2D eigenvalue weighted by Crippen LogP contribution is -2.14. The number of carboxylic acids is 1. The number of carboxylic acid groups (broad SMARTS) is 1. The number of benzene rings is 2. The monoisotopic (exact) mass is 401 g/mol. The molecule has 10 heteroatoms. The van der Waals surface area contributed by atoms with Gasteiger partial charge < -0.3 is 19.7 Å². The predicted octanol–water partition coefficient (Wildman–Crippen LogP) is 3.28. The van der Waals surface area contributed by atoms with Crippen LogP contribution in [0.3, 0.4) is 0 Å². The zero-order chi connectivity index (χ0) is 20.1. The van der Waals surface area contributed by atoms with Gasteiger partial charge in [0.15, 0.2) is 5.58 Å². The van der Waals surface area contributed by atoms with Crippen molar-refractivity contribution in [2.75, 3.05) is 16.2 Å². The SMILES string of the molecule is CCS(=O)(=O)Nc1ccc2oc(-c3nc4ccc(C(=O)O)cc4o3)c(N)c2c1. The first-order chi connectivity index (χ1) is 13.3. The summed E-state index contributed by atoms with van der Waals surface area (Å²) in [6.07, 6.45) is 0. The maximum atomic E-state index is 11.8. The van der Waals surface area contributed by atoms with Crippen molar-refractivity contribution in [1.29, 1.82) is 0 Å². The molecule has 0 fully saturated rings. The molecular formula is C18H15N3O6S. The van der Waals surface area contributed by atoms with Crippen LogP contribution >= 0.6 is 0 Å². The third kappa shape index (κ3) is 3.03. The zero-order valence-electron chi connectivity index (χ0n) is 14.6. The maximum absolute atomic E-state index is 11.8. The summed E-state index contributed by atoms with van der Waals surface area (Å²) in [5.74, 6) is -0.857. The van der Waals surface area contributed by atoms with Crippen LogP contribution in [0.4, 0.5) is 11.4 Å². The van der Waals surface area contributed by atoms with Crippen LogP contribution in [0.1, 0.15) is 17.3 Å². The molecule has 2 aromatic heterocycles. The van der Waals surface area contributed by atoms with E-state index in [1.807, 2.05) is 0 Å². The van der Waals surface area contributed by atoms with Gasteiger partial charge in [-0.1, -0.05) is 0 Å². The Morgan fingerprint density at radius 2 is 1.96 bits per heavy atom. The lowest BCUT2D eigenvalue weighted by atomic mass is 10.2. The van der Waals surface area contributed by atoms with Crippen molar-refractivity contribution in [3.8, 4) is 11.7 Å². The Bertz CT molecular complexity index is 1340. The summed E-state index contributed by atoms with van der Waals surface area (Å²) in [5, 5.41) is 9.58. The molecule has 0 saturated carbocycles. The highest BCUT2D eigenvalue weighted by Gasteiger charge is 2.20. The zero-order valence-corrected chi connectivity index (χ0v) is 15.4. The molecule has 28 heavy (non-hydrogen) atoms. The van der Waals surface area contributed by atoms with Crippen LogP contribution in [-0.4, -0.2) is 30.2 Å². The van der Waals surface area contributed by atoms with Crippen LogP contribution in [-0.2, 0) is 10.0 Å². The number of nitrogen functional groups attached to an aromatic ring is 1. The number of anilines is 2. The summed E-state index contributed by atoms with van der Waals surface area (Å²) in [7, 11) is -3.43. The summed E-state index contributed by atoms with van der Waals surface area (Å²) >= 11 is 0. The fourth-order valence-electron chi connectivity index (χ4n) is 2.75. The van der Waals surface area contributed by atoms with Gasteiger partial charge in [-0.25, -0.2) is 18.2 Å². The van der Waals surface area contributed by atoms with Gasteiger partial charge in [-0.2, -0.15) is 0 Å². The molecular weight excluding hydrogens is 386 g/mol. The van der Waals surface area contributed by atoms with E-state index in [1.165, 1.54) is 25.1 Å². The van der Waals surface area contributed by atoms with Gasteiger partial charge in [0, 0.05) is 11.1 Å². The van der Waals surface area contributed by atoms with E-state index in [9.17, 15) is 13.2 Å². The molecule has 0 aliphatic rings. The van der Waals surface area contributed by atoms with Crippen molar-refractivity contribution >= 4 is 49.4 Å². The van der Waals surface area contributed by atoms with Gasteiger partial charge in [0.25, 0.3) is 5.89 Å². The van der Waals surface area contributed by atoms with Crippen molar-refractivity contribution < 1.29 is 27.2 Å². The number of oxazole rings is 1. The summed E-state index contributed by atoms with van der Waals surface area (Å²) < 4.78 is 37.3. The smallest absolute Gasteiger partial charge is 0.335 e. The van der Waals surface area contributed by atoms with E-state index >= 15 is 0 Å². The molecule has 2 heterocycles. The van der Waals surface area contributed by atoms with Crippen molar-refractivity contribution in [3.05, 3.63) is 42.0 Å². The van der Waals surface area contributed by atoms with Gasteiger partial charge in [0.1, 0.15) is 11.1 Å². The molecule has 2 aromatic carbocycles. The van der Waals surface area contributed by atoms with Gasteiger partial charge in [-0.15, -0.1) is 0 Å². The number of hydrogen-bond acceptors (Lipinski definition) is 7. The Kier molecular flexibility index (Phi) is 4.00. The molecule has 4 N–H and O–H groups in total. The molecule has 0 bridgehead atoms. The van der Waals surface area contributed by atoms with Crippen LogP contribution < -0.4 is 10.5 Å². The van der Waals surface area contributed by atoms with Crippen LogP contribution in [0.15, 0.2) is 45.2 Å². The first-order valence-corrected chi connectivity index (χ1v) is 9.89. The molecule has 0 aliphatic carbocycles. The molecule has 0 saturated heterocycles. The molecule has 0 amide bonds. The fourth-order valence-corrected chi connectivity index (χ4v) is 3.38. The number of fused-ring (bicyclic) bond motifs is 2. The Balaban J connectivity index is 1.79. The van der Waals surface area contributed by atoms with E-state index in [4.69, 9.17) is 19.7 Å². The number of sulfonamides is 1. The minimum absolute atomic E-state index is 0.0572. The second-order valence-corrected chi connectivity index (χ2v) is 8.08. The van der Waals surface area contributed by atoms with Crippen LogP contribution in [0, 0.1) is 0 Å².